The van der Waals surface area contributed by atoms with E-state index >= 15 is 0 Å². The van der Waals surface area contributed by atoms with E-state index in [4.69, 9.17) is 5.11 Å². The molecule has 17 heavy (non-hydrogen) atoms. The highest BCUT2D eigenvalue weighted by Gasteiger charge is 2.03. The molecule has 2 rings (SSSR count). The lowest BCUT2D eigenvalue weighted by Gasteiger charge is -2.15. The van der Waals surface area contributed by atoms with Gasteiger partial charge in [0, 0.05) is 24.1 Å². The fraction of sp³-hybridized carbons (Fsp3) is 0.308. The molecule has 90 valence electrons. The third-order valence-electron chi connectivity index (χ3n) is 2.54. The summed E-state index contributed by atoms with van der Waals surface area (Å²) in [4.78, 5) is 0. The van der Waals surface area contributed by atoms with Crippen molar-refractivity contribution in [1.82, 2.24) is 9.78 Å². The maximum Gasteiger partial charge on any atom is 0.0682 e. The number of anilines is 1. The van der Waals surface area contributed by atoms with Gasteiger partial charge >= 0.3 is 0 Å². The Kier molecular flexibility index (Phi) is 3.77. The Morgan fingerprint density at radius 1 is 1.41 bits per heavy atom. The molecule has 0 bridgehead atoms. The van der Waals surface area contributed by atoms with Crippen LogP contribution in [0, 0.1) is 0 Å². The van der Waals surface area contributed by atoms with Crippen LogP contribution in [-0.2, 0) is 13.2 Å². The molecule has 0 radical (unpaired) electrons. The highest BCUT2D eigenvalue weighted by Crippen LogP contribution is 2.12. The van der Waals surface area contributed by atoms with Crippen molar-refractivity contribution in [2.45, 2.75) is 26.1 Å². The van der Waals surface area contributed by atoms with E-state index in [1.54, 1.807) is 6.20 Å². The molecular weight excluding hydrogens is 214 g/mol. The van der Waals surface area contributed by atoms with Crippen molar-refractivity contribution in [3.05, 3.63) is 48.3 Å². The molecule has 0 fully saturated rings. The molecule has 1 aromatic carbocycles. The first kappa shape index (κ1) is 11.7. The Bertz CT molecular complexity index is 453. The lowest BCUT2D eigenvalue weighted by Crippen LogP contribution is -2.22. The fourth-order valence-corrected chi connectivity index (χ4v) is 1.78. The average molecular weight is 231 g/mol. The minimum absolute atomic E-state index is 0.0725. The van der Waals surface area contributed by atoms with Gasteiger partial charge in [-0.25, -0.2) is 0 Å². The quantitative estimate of drug-likeness (QED) is 0.826. The second-order valence-corrected chi connectivity index (χ2v) is 4.13. The van der Waals surface area contributed by atoms with Crippen LogP contribution in [0.4, 0.5) is 5.69 Å². The Morgan fingerprint density at radius 3 is 3.00 bits per heavy atom. The monoisotopic (exact) mass is 231 g/mol. The van der Waals surface area contributed by atoms with Crippen LogP contribution < -0.4 is 5.32 Å². The average Bonchev–Trinajstić information content (AvgIpc) is 2.82. The fourth-order valence-electron chi connectivity index (χ4n) is 1.78. The lowest BCUT2D eigenvalue weighted by atomic mass is 10.2. The number of aromatic nitrogens is 2. The SMILES string of the molecule is C[C@H](Cn1cccn1)Nc1cccc(CO)c1. The van der Waals surface area contributed by atoms with Crippen molar-refractivity contribution >= 4 is 5.69 Å². The van der Waals surface area contributed by atoms with Gasteiger partial charge in [-0.05, 0) is 30.7 Å². The van der Waals surface area contributed by atoms with Crippen LogP contribution in [0.25, 0.3) is 0 Å². The second kappa shape index (κ2) is 5.50. The van der Waals surface area contributed by atoms with Gasteiger partial charge in [0.2, 0.25) is 0 Å². The molecule has 0 aliphatic heterocycles. The Morgan fingerprint density at radius 2 is 2.29 bits per heavy atom. The number of aliphatic hydroxyl groups excluding tert-OH is 1. The van der Waals surface area contributed by atoms with Crippen molar-refractivity contribution in [3.8, 4) is 0 Å². The number of hydrogen-bond acceptors (Lipinski definition) is 3. The van der Waals surface area contributed by atoms with E-state index in [1.165, 1.54) is 0 Å². The van der Waals surface area contributed by atoms with Crippen LogP contribution in [0.5, 0.6) is 0 Å². The van der Waals surface area contributed by atoms with E-state index in [-0.39, 0.29) is 12.6 Å². The van der Waals surface area contributed by atoms with Crippen LogP contribution in [0.3, 0.4) is 0 Å². The van der Waals surface area contributed by atoms with Crippen LogP contribution in [-0.4, -0.2) is 20.9 Å². The zero-order valence-corrected chi connectivity index (χ0v) is 9.87. The molecule has 2 aromatic rings. The summed E-state index contributed by atoms with van der Waals surface area (Å²) >= 11 is 0. The molecule has 2 N–H and O–H groups in total. The molecule has 0 saturated carbocycles. The van der Waals surface area contributed by atoms with E-state index in [0.29, 0.717) is 0 Å². The number of aliphatic hydroxyl groups is 1. The molecule has 4 nitrogen and oxygen atoms in total. The van der Waals surface area contributed by atoms with Gasteiger partial charge in [0.1, 0.15) is 0 Å². The molecule has 0 amide bonds. The van der Waals surface area contributed by atoms with Gasteiger partial charge in [-0.1, -0.05) is 12.1 Å². The van der Waals surface area contributed by atoms with Crippen molar-refractivity contribution in [2.75, 3.05) is 5.32 Å². The Balaban J connectivity index is 1.95. The molecular formula is C13H17N3O. The summed E-state index contributed by atoms with van der Waals surface area (Å²) in [6.45, 7) is 2.99. The normalized spacial score (nSPS) is 12.4. The molecule has 1 atom stereocenters. The second-order valence-electron chi connectivity index (χ2n) is 4.13. The smallest absolute Gasteiger partial charge is 0.0682 e. The molecule has 1 aromatic heterocycles. The highest BCUT2D eigenvalue weighted by molar-refractivity contribution is 5.46. The summed E-state index contributed by atoms with van der Waals surface area (Å²) in [7, 11) is 0. The zero-order valence-electron chi connectivity index (χ0n) is 9.87. The summed E-state index contributed by atoms with van der Waals surface area (Å²) in [6, 6.07) is 10.00. The Hall–Kier alpha value is -1.81. The number of rotatable bonds is 5. The first-order valence-electron chi connectivity index (χ1n) is 5.71. The summed E-state index contributed by atoms with van der Waals surface area (Å²) in [6.07, 6.45) is 3.72. The summed E-state index contributed by atoms with van der Waals surface area (Å²) in [5, 5.41) is 16.6. The van der Waals surface area contributed by atoms with Gasteiger partial charge in [-0.2, -0.15) is 5.10 Å². The van der Waals surface area contributed by atoms with Gasteiger partial charge in [-0.3, -0.25) is 4.68 Å². The standard InChI is InChI=1S/C13H17N3O/c1-11(9-16-7-3-6-14-16)15-13-5-2-4-12(8-13)10-17/h2-8,11,15,17H,9-10H2,1H3/t11-/m1/s1. The zero-order chi connectivity index (χ0) is 12.1. The van der Waals surface area contributed by atoms with Gasteiger partial charge in [0.25, 0.3) is 0 Å². The van der Waals surface area contributed by atoms with Gasteiger partial charge < -0.3 is 10.4 Å². The van der Waals surface area contributed by atoms with Crippen molar-refractivity contribution in [3.63, 3.8) is 0 Å². The molecule has 4 heteroatoms. The van der Waals surface area contributed by atoms with Gasteiger partial charge in [0.15, 0.2) is 0 Å². The maximum absolute atomic E-state index is 9.06. The maximum atomic E-state index is 9.06. The van der Waals surface area contributed by atoms with Crippen LogP contribution in [0.15, 0.2) is 42.7 Å². The topological polar surface area (TPSA) is 50.1 Å². The van der Waals surface area contributed by atoms with Crippen LogP contribution >= 0.6 is 0 Å². The van der Waals surface area contributed by atoms with Crippen molar-refractivity contribution < 1.29 is 5.11 Å². The molecule has 0 aliphatic carbocycles. The first-order chi connectivity index (χ1) is 8.28. The van der Waals surface area contributed by atoms with E-state index in [2.05, 4.69) is 17.3 Å². The highest BCUT2D eigenvalue weighted by atomic mass is 16.3. The van der Waals surface area contributed by atoms with E-state index < -0.39 is 0 Å². The predicted octanol–water partition coefficient (Wildman–Crippen LogP) is 1.88. The number of nitrogens with one attached hydrogen (secondary N) is 1. The number of hydrogen-bond donors (Lipinski definition) is 2. The van der Waals surface area contributed by atoms with Gasteiger partial charge in [0.05, 0.1) is 13.2 Å². The Labute approximate surface area is 101 Å². The van der Waals surface area contributed by atoms with Crippen LogP contribution in [0.2, 0.25) is 0 Å². The summed E-state index contributed by atoms with van der Waals surface area (Å²) in [5.74, 6) is 0. The molecule has 0 spiro atoms. The molecule has 0 unspecified atom stereocenters. The molecule has 1 heterocycles. The van der Waals surface area contributed by atoms with Gasteiger partial charge in [-0.15, -0.1) is 0 Å². The third-order valence-corrected chi connectivity index (χ3v) is 2.54. The minimum atomic E-state index is 0.0725. The van der Waals surface area contributed by atoms with Crippen molar-refractivity contribution in [1.29, 1.82) is 0 Å². The largest absolute Gasteiger partial charge is 0.392 e. The number of benzene rings is 1. The van der Waals surface area contributed by atoms with E-state index in [1.807, 2.05) is 41.2 Å². The molecule has 0 saturated heterocycles. The predicted molar refractivity (Wildman–Crippen MR) is 67.7 cm³/mol. The van der Waals surface area contributed by atoms with Crippen molar-refractivity contribution in [2.24, 2.45) is 0 Å². The number of nitrogens with zero attached hydrogens (tertiary/aromatic N) is 2. The van der Waals surface area contributed by atoms with Crippen LogP contribution in [0.1, 0.15) is 12.5 Å². The van der Waals surface area contributed by atoms with E-state index in [0.717, 1.165) is 17.8 Å². The summed E-state index contributed by atoms with van der Waals surface area (Å²) < 4.78 is 1.90. The third kappa shape index (κ3) is 3.32. The van der Waals surface area contributed by atoms with E-state index in [9.17, 15) is 0 Å². The summed E-state index contributed by atoms with van der Waals surface area (Å²) in [5.41, 5.74) is 1.94. The lowest BCUT2D eigenvalue weighted by molar-refractivity contribution is 0.282. The molecule has 0 aliphatic rings. The minimum Gasteiger partial charge on any atom is -0.392 e. The first-order valence-corrected chi connectivity index (χ1v) is 5.71.